The molecule has 1 aromatic heterocycles. The Labute approximate surface area is 99.6 Å². The molecule has 0 unspecified atom stereocenters. The lowest BCUT2D eigenvalue weighted by Gasteiger charge is -2.06. The van der Waals surface area contributed by atoms with E-state index in [9.17, 15) is 0 Å². The van der Waals surface area contributed by atoms with E-state index < -0.39 is 0 Å². The number of halogens is 1. The number of hydrogen-bond donors (Lipinski definition) is 0. The Morgan fingerprint density at radius 2 is 2.12 bits per heavy atom. The van der Waals surface area contributed by atoms with Crippen LogP contribution in [0.15, 0.2) is 30.5 Å². The number of hydrogen-bond acceptors (Lipinski definition) is 2. The lowest BCUT2D eigenvalue weighted by molar-refractivity contribution is 0.416. The summed E-state index contributed by atoms with van der Waals surface area (Å²) in [5, 5.41) is 4.41. The van der Waals surface area contributed by atoms with Gasteiger partial charge < -0.3 is 4.74 Å². The van der Waals surface area contributed by atoms with Crippen LogP contribution in [0.5, 0.6) is 5.75 Å². The van der Waals surface area contributed by atoms with Crippen molar-refractivity contribution in [1.29, 1.82) is 0 Å². The van der Waals surface area contributed by atoms with Gasteiger partial charge in [0.2, 0.25) is 0 Å². The molecule has 16 heavy (non-hydrogen) atoms. The quantitative estimate of drug-likeness (QED) is 0.767. The Kier molecular flexibility index (Phi) is 3.15. The molecule has 84 valence electrons. The molecule has 2 aromatic rings. The number of benzene rings is 1. The van der Waals surface area contributed by atoms with Gasteiger partial charge in [-0.15, -0.1) is 11.6 Å². The van der Waals surface area contributed by atoms with Crippen LogP contribution in [-0.2, 0) is 12.9 Å². The standard InChI is InChI=1S/C12H13ClN2O/c1-15-8-9(7-13)12(14-15)10-5-3-4-6-11(10)16-2/h3-6,8H,7H2,1-2H3. The van der Waals surface area contributed by atoms with Crippen LogP contribution < -0.4 is 4.74 Å². The number of rotatable bonds is 3. The third-order valence-corrected chi connectivity index (χ3v) is 2.70. The van der Waals surface area contributed by atoms with Gasteiger partial charge in [0.25, 0.3) is 0 Å². The van der Waals surface area contributed by atoms with Gasteiger partial charge in [0.15, 0.2) is 0 Å². The predicted molar refractivity (Wildman–Crippen MR) is 64.8 cm³/mol. The Balaban J connectivity index is 2.57. The average Bonchev–Trinajstić information content (AvgIpc) is 2.70. The van der Waals surface area contributed by atoms with E-state index in [0.717, 1.165) is 22.6 Å². The third kappa shape index (κ3) is 1.91. The molecule has 0 N–H and O–H groups in total. The Morgan fingerprint density at radius 3 is 2.81 bits per heavy atom. The minimum absolute atomic E-state index is 0.446. The van der Waals surface area contributed by atoms with Crippen molar-refractivity contribution in [3.8, 4) is 17.0 Å². The van der Waals surface area contributed by atoms with Crippen molar-refractivity contribution in [2.45, 2.75) is 5.88 Å². The lowest BCUT2D eigenvalue weighted by Crippen LogP contribution is -1.91. The molecular weight excluding hydrogens is 224 g/mol. The molecule has 3 nitrogen and oxygen atoms in total. The summed E-state index contributed by atoms with van der Waals surface area (Å²) < 4.78 is 7.08. The van der Waals surface area contributed by atoms with Crippen molar-refractivity contribution in [2.24, 2.45) is 7.05 Å². The van der Waals surface area contributed by atoms with Crippen molar-refractivity contribution in [3.05, 3.63) is 36.0 Å². The van der Waals surface area contributed by atoms with Crippen molar-refractivity contribution < 1.29 is 4.74 Å². The van der Waals surface area contributed by atoms with Gasteiger partial charge in [0, 0.05) is 24.4 Å². The summed E-state index contributed by atoms with van der Waals surface area (Å²) >= 11 is 5.90. The summed E-state index contributed by atoms with van der Waals surface area (Å²) in [7, 11) is 3.54. The normalized spacial score (nSPS) is 10.4. The number of aromatic nitrogens is 2. The van der Waals surface area contributed by atoms with E-state index in [1.165, 1.54) is 0 Å². The average molecular weight is 237 g/mol. The highest BCUT2D eigenvalue weighted by atomic mass is 35.5. The molecular formula is C12H13ClN2O. The van der Waals surface area contributed by atoms with Gasteiger partial charge in [-0.05, 0) is 12.1 Å². The van der Waals surface area contributed by atoms with E-state index in [1.807, 2.05) is 37.5 Å². The highest BCUT2D eigenvalue weighted by Crippen LogP contribution is 2.31. The van der Waals surface area contributed by atoms with Gasteiger partial charge in [0.05, 0.1) is 13.0 Å². The van der Waals surface area contributed by atoms with Crippen LogP contribution in [0, 0.1) is 0 Å². The van der Waals surface area contributed by atoms with Crippen molar-refractivity contribution in [1.82, 2.24) is 9.78 Å². The molecule has 1 aromatic carbocycles. The minimum Gasteiger partial charge on any atom is -0.496 e. The largest absolute Gasteiger partial charge is 0.496 e. The highest BCUT2D eigenvalue weighted by Gasteiger charge is 2.12. The van der Waals surface area contributed by atoms with Gasteiger partial charge >= 0.3 is 0 Å². The van der Waals surface area contributed by atoms with Crippen molar-refractivity contribution in [2.75, 3.05) is 7.11 Å². The molecule has 0 saturated heterocycles. The van der Waals surface area contributed by atoms with Crippen molar-refractivity contribution in [3.63, 3.8) is 0 Å². The molecule has 0 bridgehead atoms. The molecule has 0 aliphatic rings. The molecule has 0 aliphatic heterocycles. The summed E-state index contributed by atoms with van der Waals surface area (Å²) in [5.41, 5.74) is 2.87. The highest BCUT2D eigenvalue weighted by molar-refractivity contribution is 6.17. The lowest BCUT2D eigenvalue weighted by atomic mass is 10.1. The molecule has 0 aliphatic carbocycles. The van der Waals surface area contributed by atoms with Gasteiger partial charge in [-0.25, -0.2) is 0 Å². The number of aryl methyl sites for hydroxylation is 1. The number of para-hydroxylation sites is 1. The first-order valence-corrected chi connectivity index (χ1v) is 5.51. The molecule has 0 spiro atoms. The molecule has 2 rings (SSSR count). The first-order chi connectivity index (χ1) is 7.76. The van der Waals surface area contributed by atoms with E-state index in [1.54, 1.807) is 11.8 Å². The number of nitrogens with zero attached hydrogens (tertiary/aromatic N) is 2. The zero-order chi connectivity index (χ0) is 11.5. The van der Waals surface area contributed by atoms with Gasteiger partial charge in [-0.3, -0.25) is 4.68 Å². The van der Waals surface area contributed by atoms with Gasteiger partial charge in [-0.1, -0.05) is 12.1 Å². The second-order valence-electron chi connectivity index (χ2n) is 3.51. The number of methoxy groups -OCH3 is 1. The third-order valence-electron chi connectivity index (χ3n) is 2.41. The first kappa shape index (κ1) is 11.0. The van der Waals surface area contributed by atoms with E-state index >= 15 is 0 Å². The molecule has 0 saturated carbocycles. The Morgan fingerprint density at radius 1 is 1.38 bits per heavy atom. The summed E-state index contributed by atoms with van der Waals surface area (Å²) in [5.74, 6) is 1.26. The van der Waals surface area contributed by atoms with Crippen molar-refractivity contribution >= 4 is 11.6 Å². The van der Waals surface area contributed by atoms with E-state index in [0.29, 0.717) is 5.88 Å². The van der Waals surface area contributed by atoms with Gasteiger partial charge in [0.1, 0.15) is 11.4 Å². The van der Waals surface area contributed by atoms with Crippen LogP contribution in [0.1, 0.15) is 5.56 Å². The maximum atomic E-state index is 5.90. The molecule has 1 heterocycles. The second kappa shape index (κ2) is 4.58. The Hall–Kier alpha value is -1.48. The summed E-state index contributed by atoms with van der Waals surface area (Å²) in [6.45, 7) is 0. The summed E-state index contributed by atoms with van der Waals surface area (Å²) in [6, 6.07) is 7.80. The molecule has 0 radical (unpaired) electrons. The maximum absolute atomic E-state index is 5.90. The van der Waals surface area contributed by atoms with Gasteiger partial charge in [-0.2, -0.15) is 5.10 Å². The Bertz CT molecular complexity index is 494. The monoisotopic (exact) mass is 236 g/mol. The summed E-state index contributed by atoms with van der Waals surface area (Å²) in [4.78, 5) is 0. The molecule has 0 atom stereocenters. The topological polar surface area (TPSA) is 27.1 Å². The van der Waals surface area contributed by atoms with Crippen LogP contribution in [-0.4, -0.2) is 16.9 Å². The van der Waals surface area contributed by atoms with Crippen LogP contribution >= 0.6 is 11.6 Å². The zero-order valence-corrected chi connectivity index (χ0v) is 10.0. The zero-order valence-electron chi connectivity index (χ0n) is 9.27. The van der Waals surface area contributed by atoms with Crippen LogP contribution in [0.2, 0.25) is 0 Å². The number of ether oxygens (including phenoxy) is 1. The summed E-state index contributed by atoms with van der Waals surface area (Å²) in [6.07, 6.45) is 1.93. The second-order valence-corrected chi connectivity index (χ2v) is 3.78. The van der Waals surface area contributed by atoms with Crippen LogP contribution in [0.3, 0.4) is 0 Å². The first-order valence-electron chi connectivity index (χ1n) is 4.98. The fraction of sp³-hybridized carbons (Fsp3) is 0.250. The maximum Gasteiger partial charge on any atom is 0.128 e. The van der Waals surface area contributed by atoms with E-state index in [-0.39, 0.29) is 0 Å². The minimum atomic E-state index is 0.446. The van der Waals surface area contributed by atoms with Crippen LogP contribution in [0.25, 0.3) is 11.3 Å². The predicted octanol–water partition coefficient (Wildman–Crippen LogP) is 2.83. The van der Waals surface area contributed by atoms with E-state index in [2.05, 4.69) is 5.10 Å². The molecule has 0 fully saturated rings. The number of alkyl halides is 1. The smallest absolute Gasteiger partial charge is 0.128 e. The SMILES string of the molecule is COc1ccccc1-c1nn(C)cc1CCl. The van der Waals surface area contributed by atoms with Crippen LogP contribution in [0.4, 0.5) is 0 Å². The fourth-order valence-corrected chi connectivity index (χ4v) is 1.90. The van der Waals surface area contributed by atoms with E-state index in [4.69, 9.17) is 16.3 Å². The fourth-order valence-electron chi connectivity index (χ4n) is 1.70. The molecule has 0 amide bonds. The molecule has 4 heteroatoms.